The second-order valence-corrected chi connectivity index (χ2v) is 5.84. The van der Waals surface area contributed by atoms with Crippen LogP contribution >= 0.6 is 0 Å². The standard InChI is InChI=1S/C18H15N5O/c19-12-13-5-3-6-14(11-13)18(24)22-10-4-7-15(22)17-21-20-16-8-1-2-9-23(16)17/h1-3,5-6,8-9,11,15H,4,7,10H2/t15-/m1/s1. The number of hydrogen-bond acceptors (Lipinski definition) is 4. The molecular weight excluding hydrogens is 302 g/mol. The van der Waals surface area contributed by atoms with E-state index in [9.17, 15) is 4.79 Å². The number of carbonyl (C=O) groups excluding carboxylic acids is 1. The summed E-state index contributed by atoms with van der Waals surface area (Å²) in [4.78, 5) is 14.7. The number of nitrogens with zero attached hydrogens (tertiary/aromatic N) is 5. The fourth-order valence-corrected chi connectivity index (χ4v) is 3.25. The maximum atomic E-state index is 12.9. The van der Waals surface area contributed by atoms with E-state index in [-0.39, 0.29) is 11.9 Å². The van der Waals surface area contributed by atoms with Crippen LogP contribution < -0.4 is 0 Å². The smallest absolute Gasteiger partial charge is 0.254 e. The Hall–Kier alpha value is -3.20. The Labute approximate surface area is 139 Å². The highest BCUT2D eigenvalue weighted by atomic mass is 16.2. The van der Waals surface area contributed by atoms with Crippen LogP contribution in [0.3, 0.4) is 0 Å². The van der Waals surface area contributed by atoms with Crippen molar-refractivity contribution in [2.45, 2.75) is 18.9 Å². The number of fused-ring (bicyclic) bond motifs is 1. The molecule has 0 unspecified atom stereocenters. The van der Waals surface area contributed by atoms with Gasteiger partial charge in [-0.1, -0.05) is 12.1 Å². The summed E-state index contributed by atoms with van der Waals surface area (Å²) in [6.45, 7) is 0.683. The zero-order valence-electron chi connectivity index (χ0n) is 13.0. The number of aromatic nitrogens is 3. The van der Waals surface area contributed by atoms with E-state index in [4.69, 9.17) is 5.26 Å². The normalized spacial score (nSPS) is 17.1. The lowest BCUT2D eigenvalue weighted by molar-refractivity contribution is 0.0729. The zero-order chi connectivity index (χ0) is 16.5. The summed E-state index contributed by atoms with van der Waals surface area (Å²) in [5.41, 5.74) is 1.80. The molecule has 0 aliphatic carbocycles. The van der Waals surface area contributed by atoms with Crippen molar-refractivity contribution < 1.29 is 4.79 Å². The van der Waals surface area contributed by atoms with E-state index in [1.807, 2.05) is 33.7 Å². The molecule has 1 amide bonds. The van der Waals surface area contributed by atoms with Crippen LogP contribution in [0.4, 0.5) is 0 Å². The van der Waals surface area contributed by atoms with Crippen LogP contribution in [0.5, 0.6) is 0 Å². The summed E-state index contributed by atoms with van der Waals surface area (Å²) in [6.07, 6.45) is 3.71. The van der Waals surface area contributed by atoms with E-state index in [1.54, 1.807) is 24.3 Å². The maximum Gasteiger partial charge on any atom is 0.254 e. The van der Waals surface area contributed by atoms with Crippen LogP contribution in [-0.2, 0) is 0 Å². The van der Waals surface area contributed by atoms with Crippen molar-refractivity contribution in [3.63, 3.8) is 0 Å². The Morgan fingerprint density at radius 2 is 2.12 bits per heavy atom. The largest absolute Gasteiger partial charge is 0.328 e. The molecule has 0 N–H and O–H groups in total. The second-order valence-electron chi connectivity index (χ2n) is 5.84. The second kappa shape index (κ2) is 5.78. The minimum absolute atomic E-state index is 0.0673. The first-order chi connectivity index (χ1) is 11.8. The molecule has 1 saturated heterocycles. The lowest BCUT2D eigenvalue weighted by Crippen LogP contribution is -2.31. The van der Waals surface area contributed by atoms with Crippen molar-refractivity contribution in [3.8, 4) is 6.07 Å². The van der Waals surface area contributed by atoms with Gasteiger partial charge in [-0.3, -0.25) is 9.20 Å². The van der Waals surface area contributed by atoms with Crippen LogP contribution in [0.1, 0.15) is 40.6 Å². The van der Waals surface area contributed by atoms with Crippen molar-refractivity contribution in [3.05, 3.63) is 65.6 Å². The molecule has 0 spiro atoms. The predicted octanol–water partition coefficient (Wildman–Crippen LogP) is 2.58. The van der Waals surface area contributed by atoms with Crippen LogP contribution in [0.2, 0.25) is 0 Å². The van der Waals surface area contributed by atoms with Crippen LogP contribution in [0, 0.1) is 11.3 Å². The molecule has 1 aliphatic heterocycles. The average Bonchev–Trinajstić information content (AvgIpc) is 3.27. The number of benzene rings is 1. The molecule has 4 rings (SSSR count). The molecule has 1 aromatic carbocycles. The zero-order valence-corrected chi connectivity index (χ0v) is 13.0. The molecule has 0 radical (unpaired) electrons. The molecule has 6 heteroatoms. The van der Waals surface area contributed by atoms with E-state index in [2.05, 4.69) is 16.3 Å². The number of carbonyl (C=O) groups is 1. The van der Waals surface area contributed by atoms with Gasteiger partial charge < -0.3 is 4.90 Å². The highest BCUT2D eigenvalue weighted by Gasteiger charge is 2.33. The first-order valence-corrected chi connectivity index (χ1v) is 7.89. The number of hydrogen-bond donors (Lipinski definition) is 0. The highest BCUT2D eigenvalue weighted by Crippen LogP contribution is 2.32. The third kappa shape index (κ3) is 2.31. The minimum atomic E-state index is -0.0966. The molecule has 118 valence electrons. The molecule has 1 aliphatic rings. The molecule has 0 saturated carbocycles. The van der Waals surface area contributed by atoms with E-state index < -0.39 is 0 Å². The Bertz CT molecular complexity index is 955. The summed E-state index contributed by atoms with van der Waals surface area (Å²) in [5, 5.41) is 17.5. The summed E-state index contributed by atoms with van der Waals surface area (Å²) < 4.78 is 1.93. The number of rotatable bonds is 2. The van der Waals surface area contributed by atoms with E-state index >= 15 is 0 Å². The Kier molecular flexibility index (Phi) is 3.47. The van der Waals surface area contributed by atoms with Crippen LogP contribution in [-0.4, -0.2) is 31.9 Å². The third-order valence-electron chi connectivity index (χ3n) is 4.39. The van der Waals surface area contributed by atoms with Gasteiger partial charge in [0.1, 0.15) is 0 Å². The Morgan fingerprint density at radius 1 is 1.21 bits per heavy atom. The Morgan fingerprint density at radius 3 is 3.00 bits per heavy atom. The summed E-state index contributed by atoms with van der Waals surface area (Å²) >= 11 is 0. The molecule has 3 aromatic rings. The minimum Gasteiger partial charge on any atom is -0.328 e. The lowest BCUT2D eigenvalue weighted by Gasteiger charge is -2.23. The van der Waals surface area contributed by atoms with Gasteiger partial charge in [0.05, 0.1) is 17.7 Å². The SMILES string of the molecule is N#Cc1cccc(C(=O)N2CCC[C@@H]2c2nnc3ccccn23)c1. The van der Waals surface area contributed by atoms with Crippen molar-refractivity contribution in [1.82, 2.24) is 19.5 Å². The molecule has 2 aromatic heterocycles. The first kappa shape index (κ1) is 14.4. The summed E-state index contributed by atoms with van der Waals surface area (Å²) in [5.74, 6) is 0.718. The molecular formula is C18H15N5O. The topological polar surface area (TPSA) is 74.3 Å². The molecule has 0 bridgehead atoms. The van der Waals surface area contributed by atoms with Gasteiger partial charge in [0.15, 0.2) is 11.5 Å². The van der Waals surface area contributed by atoms with Crippen molar-refractivity contribution in [2.24, 2.45) is 0 Å². The van der Waals surface area contributed by atoms with E-state index in [0.717, 1.165) is 24.3 Å². The fourth-order valence-electron chi connectivity index (χ4n) is 3.25. The van der Waals surface area contributed by atoms with Crippen LogP contribution in [0.15, 0.2) is 48.7 Å². The van der Waals surface area contributed by atoms with Crippen LogP contribution in [0.25, 0.3) is 5.65 Å². The molecule has 6 nitrogen and oxygen atoms in total. The van der Waals surface area contributed by atoms with Gasteiger partial charge in [0.2, 0.25) is 0 Å². The summed E-state index contributed by atoms with van der Waals surface area (Å²) in [7, 11) is 0. The molecule has 3 heterocycles. The number of amides is 1. The van der Waals surface area contributed by atoms with Gasteiger partial charge in [-0.15, -0.1) is 10.2 Å². The molecule has 24 heavy (non-hydrogen) atoms. The van der Waals surface area contributed by atoms with Crippen molar-refractivity contribution >= 4 is 11.6 Å². The van der Waals surface area contributed by atoms with Gasteiger partial charge in [0, 0.05) is 18.3 Å². The van der Waals surface area contributed by atoms with Gasteiger partial charge in [-0.25, -0.2) is 0 Å². The average molecular weight is 317 g/mol. The molecule has 1 fully saturated rings. The van der Waals surface area contributed by atoms with Gasteiger partial charge in [-0.2, -0.15) is 5.26 Å². The number of pyridine rings is 1. The lowest BCUT2D eigenvalue weighted by atomic mass is 10.1. The highest BCUT2D eigenvalue weighted by molar-refractivity contribution is 5.95. The van der Waals surface area contributed by atoms with E-state index in [1.165, 1.54) is 0 Å². The summed E-state index contributed by atoms with van der Waals surface area (Å²) in [6, 6.07) is 14.5. The van der Waals surface area contributed by atoms with Gasteiger partial charge in [-0.05, 0) is 43.2 Å². The number of likely N-dealkylation sites (tertiary alicyclic amines) is 1. The third-order valence-corrected chi connectivity index (χ3v) is 4.39. The van der Waals surface area contributed by atoms with E-state index in [0.29, 0.717) is 17.7 Å². The monoisotopic (exact) mass is 317 g/mol. The number of nitriles is 1. The Balaban J connectivity index is 1.70. The quantitative estimate of drug-likeness (QED) is 0.728. The van der Waals surface area contributed by atoms with Crippen molar-refractivity contribution in [2.75, 3.05) is 6.54 Å². The predicted molar refractivity (Wildman–Crippen MR) is 87.2 cm³/mol. The van der Waals surface area contributed by atoms with Gasteiger partial charge >= 0.3 is 0 Å². The molecule has 1 atom stereocenters. The fraction of sp³-hybridized carbons (Fsp3) is 0.222. The van der Waals surface area contributed by atoms with Crippen molar-refractivity contribution in [1.29, 1.82) is 5.26 Å². The first-order valence-electron chi connectivity index (χ1n) is 7.89. The maximum absolute atomic E-state index is 12.9. The van der Waals surface area contributed by atoms with Gasteiger partial charge in [0.25, 0.3) is 5.91 Å².